The van der Waals surface area contributed by atoms with E-state index >= 15 is 0 Å². The summed E-state index contributed by atoms with van der Waals surface area (Å²) in [5.41, 5.74) is 0.518. The Bertz CT molecular complexity index is 1130. The number of nitriles is 1. The molecule has 2 aromatic heterocycles. The number of furan rings is 1. The highest BCUT2D eigenvalue weighted by atomic mass is 19.4. The topological polar surface area (TPSA) is 108 Å². The number of oxazole rings is 1. The lowest BCUT2D eigenvalue weighted by Crippen LogP contribution is -2.48. The van der Waals surface area contributed by atoms with Gasteiger partial charge in [0.2, 0.25) is 17.5 Å². The number of aromatic nitrogens is 1. The Morgan fingerprint density at radius 2 is 1.91 bits per heavy atom. The Labute approximate surface area is 186 Å². The average Bonchev–Trinajstić information content (AvgIpc) is 3.44. The number of nitrogens with zero attached hydrogens (tertiary/aromatic N) is 4. The molecule has 0 unspecified atom stereocenters. The molecule has 33 heavy (non-hydrogen) atoms. The maximum atomic E-state index is 12.3. The Morgan fingerprint density at radius 3 is 2.52 bits per heavy atom. The first kappa shape index (κ1) is 22.2. The summed E-state index contributed by atoms with van der Waals surface area (Å²) in [5.74, 6) is 0.335. The molecular formula is C21H18F3N5O4. The maximum Gasteiger partial charge on any atom is 0.573 e. The van der Waals surface area contributed by atoms with Gasteiger partial charge in [0.1, 0.15) is 11.8 Å². The lowest BCUT2D eigenvalue weighted by Gasteiger charge is -2.34. The van der Waals surface area contributed by atoms with Crippen LogP contribution in [0.1, 0.15) is 5.69 Å². The van der Waals surface area contributed by atoms with Gasteiger partial charge < -0.3 is 23.8 Å². The van der Waals surface area contributed by atoms with Gasteiger partial charge in [-0.25, -0.2) is 0 Å². The van der Waals surface area contributed by atoms with Gasteiger partial charge in [-0.3, -0.25) is 9.69 Å². The molecule has 9 nitrogen and oxygen atoms in total. The van der Waals surface area contributed by atoms with E-state index < -0.39 is 6.36 Å². The fourth-order valence-corrected chi connectivity index (χ4v) is 3.36. The number of carbonyl (C=O) groups excluding carboxylic acids is 1. The summed E-state index contributed by atoms with van der Waals surface area (Å²) in [5, 5.41) is 12.0. The number of alkyl halides is 3. The summed E-state index contributed by atoms with van der Waals surface area (Å²) in [6.45, 7) is 2.20. The van der Waals surface area contributed by atoms with Gasteiger partial charge in [0.15, 0.2) is 5.76 Å². The molecule has 0 atom stereocenters. The minimum absolute atomic E-state index is 0.105. The number of amides is 1. The second-order valence-electron chi connectivity index (χ2n) is 7.15. The summed E-state index contributed by atoms with van der Waals surface area (Å²) in [4.78, 5) is 20.3. The quantitative estimate of drug-likeness (QED) is 0.595. The van der Waals surface area contributed by atoms with Crippen molar-refractivity contribution in [1.82, 2.24) is 9.88 Å². The molecule has 1 aliphatic rings. The Hall–Kier alpha value is -3.98. The molecular weight excluding hydrogens is 443 g/mol. The van der Waals surface area contributed by atoms with E-state index in [0.29, 0.717) is 43.5 Å². The van der Waals surface area contributed by atoms with Crippen molar-refractivity contribution in [2.75, 3.05) is 42.9 Å². The van der Waals surface area contributed by atoms with Crippen LogP contribution in [-0.2, 0) is 4.79 Å². The Balaban J connectivity index is 1.29. The molecule has 0 radical (unpaired) electrons. The van der Waals surface area contributed by atoms with Gasteiger partial charge >= 0.3 is 6.36 Å². The van der Waals surface area contributed by atoms with E-state index in [1.807, 2.05) is 15.9 Å². The van der Waals surface area contributed by atoms with Crippen molar-refractivity contribution in [2.45, 2.75) is 6.36 Å². The normalized spacial score (nSPS) is 14.7. The van der Waals surface area contributed by atoms with Crippen LogP contribution in [0, 0.1) is 11.3 Å². The summed E-state index contributed by atoms with van der Waals surface area (Å²) in [7, 11) is 0. The number of benzene rings is 1. The largest absolute Gasteiger partial charge is 0.573 e. The highest BCUT2D eigenvalue weighted by molar-refractivity contribution is 5.92. The first-order chi connectivity index (χ1) is 15.8. The van der Waals surface area contributed by atoms with Crippen LogP contribution in [0.5, 0.6) is 5.75 Å². The van der Waals surface area contributed by atoms with E-state index in [0.717, 1.165) is 12.1 Å². The molecule has 0 saturated carbocycles. The third-order valence-electron chi connectivity index (χ3n) is 4.85. The number of hydrogen-bond donors (Lipinski definition) is 1. The first-order valence-electron chi connectivity index (χ1n) is 9.88. The summed E-state index contributed by atoms with van der Waals surface area (Å²) in [6, 6.07) is 10.3. The standard InChI is InChI=1S/C21H18F3N5O4/c22-21(23,24)33-15-5-3-14(4-6-15)26-18(30)13-28-7-9-29(10-8-28)20-16(12-25)27-19(32-20)17-2-1-11-31-17/h1-6,11H,7-10,13H2,(H,26,30). The third kappa shape index (κ3) is 5.64. The van der Waals surface area contributed by atoms with Gasteiger partial charge in [-0.1, -0.05) is 0 Å². The lowest BCUT2D eigenvalue weighted by molar-refractivity contribution is -0.274. The molecule has 1 amide bonds. The van der Waals surface area contributed by atoms with Crippen LogP contribution in [0.3, 0.4) is 0 Å². The molecule has 0 aliphatic carbocycles. The van der Waals surface area contributed by atoms with E-state index in [4.69, 9.17) is 8.83 Å². The van der Waals surface area contributed by atoms with Crippen LogP contribution in [0.4, 0.5) is 24.7 Å². The van der Waals surface area contributed by atoms with Crippen molar-refractivity contribution < 1.29 is 31.5 Å². The second kappa shape index (κ2) is 9.25. The van der Waals surface area contributed by atoms with Gasteiger partial charge in [-0.05, 0) is 36.4 Å². The fourth-order valence-electron chi connectivity index (χ4n) is 3.36. The van der Waals surface area contributed by atoms with Gasteiger partial charge in [0.05, 0.1) is 12.8 Å². The molecule has 1 N–H and O–H groups in total. The second-order valence-corrected chi connectivity index (χ2v) is 7.15. The van der Waals surface area contributed by atoms with E-state index in [9.17, 15) is 23.2 Å². The Kier molecular flexibility index (Phi) is 6.23. The molecule has 1 saturated heterocycles. The molecule has 4 rings (SSSR count). The van der Waals surface area contributed by atoms with Crippen LogP contribution >= 0.6 is 0 Å². The summed E-state index contributed by atoms with van der Waals surface area (Å²) < 4.78 is 51.5. The van der Waals surface area contributed by atoms with E-state index in [1.54, 1.807) is 12.1 Å². The number of nitrogens with one attached hydrogen (secondary N) is 1. The first-order valence-corrected chi connectivity index (χ1v) is 9.88. The molecule has 0 bridgehead atoms. The van der Waals surface area contributed by atoms with E-state index in [1.165, 1.54) is 18.4 Å². The van der Waals surface area contributed by atoms with Crippen LogP contribution in [0.15, 0.2) is 51.5 Å². The molecule has 1 aromatic carbocycles. The zero-order valence-electron chi connectivity index (χ0n) is 17.1. The van der Waals surface area contributed by atoms with E-state index in [2.05, 4.69) is 15.0 Å². The van der Waals surface area contributed by atoms with Crippen LogP contribution in [0.2, 0.25) is 0 Å². The van der Waals surface area contributed by atoms with Crippen molar-refractivity contribution in [3.8, 4) is 23.5 Å². The minimum atomic E-state index is -4.77. The molecule has 12 heteroatoms. The molecule has 1 fully saturated rings. The number of carbonyl (C=O) groups is 1. The van der Waals surface area contributed by atoms with Crippen molar-refractivity contribution in [3.63, 3.8) is 0 Å². The molecule has 172 valence electrons. The van der Waals surface area contributed by atoms with Gasteiger partial charge in [-0.2, -0.15) is 10.2 Å². The van der Waals surface area contributed by atoms with Crippen molar-refractivity contribution in [3.05, 3.63) is 48.4 Å². The highest BCUT2D eigenvalue weighted by Gasteiger charge is 2.31. The predicted octanol–water partition coefficient (Wildman–Crippen LogP) is 3.47. The predicted molar refractivity (Wildman–Crippen MR) is 109 cm³/mol. The molecule has 0 spiro atoms. The minimum Gasteiger partial charge on any atom is -0.459 e. The molecule has 1 aliphatic heterocycles. The number of ether oxygens (including phenoxy) is 1. The van der Waals surface area contributed by atoms with Gasteiger partial charge in [0.25, 0.3) is 5.89 Å². The summed E-state index contributed by atoms with van der Waals surface area (Å²) >= 11 is 0. The van der Waals surface area contributed by atoms with Gasteiger partial charge in [0, 0.05) is 31.9 Å². The zero-order chi connectivity index (χ0) is 23.4. The average molecular weight is 461 g/mol. The third-order valence-corrected chi connectivity index (χ3v) is 4.85. The van der Waals surface area contributed by atoms with Gasteiger partial charge in [-0.15, -0.1) is 13.2 Å². The van der Waals surface area contributed by atoms with Crippen LogP contribution < -0.4 is 15.0 Å². The Morgan fingerprint density at radius 1 is 1.18 bits per heavy atom. The smallest absolute Gasteiger partial charge is 0.459 e. The number of halogens is 3. The van der Waals surface area contributed by atoms with Crippen molar-refractivity contribution in [1.29, 1.82) is 5.26 Å². The maximum absolute atomic E-state index is 12.3. The number of anilines is 2. The fraction of sp³-hybridized carbons (Fsp3) is 0.286. The number of rotatable bonds is 6. The number of piperazine rings is 1. The van der Waals surface area contributed by atoms with E-state index in [-0.39, 0.29) is 29.8 Å². The summed E-state index contributed by atoms with van der Waals surface area (Å²) in [6.07, 6.45) is -3.29. The lowest BCUT2D eigenvalue weighted by atomic mass is 10.2. The number of hydrogen-bond acceptors (Lipinski definition) is 8. The van der Waals surface area contributed by atoms with Crippen molar-refractivity contribution >= 4 is 17.5 Å². The molecule has 3 aromatic rings. The SMILES string of the molecule is N#Cc1nc(-c2ccco2)oc1N1CCN(CC(=O)Nc2ccc(OC(F)(F)F)cc2)CC1. The monoisotopic (exact) mass is 461 g/mol. The van der Waals surface area contributed by atoms with Crippen LogP contribution in [-0.4, -0.2) is 54.9 Å². The molecule has 3 heterocycles. The zero-order valence-corrected chi connectivity index (χ0v) is 17.1. The van der Waals surface area contributed by atoms with Crippen LogP contribution in [0.25, 0.3) is 11.7 Å². The van der Waals surface area contributed by atoms with Crippen molar-refractivity contribution in [2.24, 2.45) is 0 Å². The highest BCUT2D eigenvalue weighted by Crippen LogP contribution is 2.29.